The Bertz CT molecular complexity index is 797. The van der Waals surface area contributed by atoms with E-state index in [1.54, 1.807) is 0 Å². The molecular formula is C21H22N2O2. The lowest BCUT2D eigenvalue weighted by Gasteiger charge is -2.13. The molecule has 0 spiro atoms. The van der Waals surface area contributed by atoms with Crippen LogP contribution in [-0.2, 0) is 17.6 Å². The number of hydrogen-bond acceptors (Lipinski definition) is 3. The van der Waals surface area contributed by atoms with Crippen LogP contribution >= 0.6 is 0 Å². The maximum atomic E-state index is 12.2. The fraction of sp³-hybridized carbons (Fsp3) is 0.238. The Morgan fingerprint density at radius 3 is 2.48 bits per heavy atom. The molecule has 3 rings (SSSR count). The highest BCUT2D eigenvalue weighted by Crippen LogP contribution is 2.19. The summed E-state index contributed by atoms with van der Waals surface area (Å²) in [5, 5.41) is 7.02. The lowest BCUT2D eigenvalue weighted by molar-refractivity contribution is -0.121. The molecule has 1 N–H and O–H groups in total. The summed E-state index contributed by atoms with van der Waals surface area (Å²) in [4.78, 5) is 12.2. The molecule has 128 valence electrons. The van der Waals surface area contributed by atoms with Crippen molar-refractivity contribution in [2.75, 3.05) is 0 Å². The van der Waals surface area contributed by atoms with Crippen LogP contribution in [0.2, 0.25) is 0 Å². The van der Waals surface area contributed by atoms with Gasteiger partial charge in [-0.1, -0.05) is 65.8 Å². The van der Waals surface area contributed by atoms with E-state index in [1.165, 1.54) is 5.56 Å². The first-order chi connectivity index (χ1) is 12.2. The number of amides is 1. The van der Waals surface area contributed by atoms with Crippen LogP contribution in [0.1, 0.15) is 24.6 Å². The summed E-state index contributed by atoms with van der Waals surface area (Å²) in [6.45, 7) is 2.03. The van der Waals surface area contributed by atoms with Crippen LogP contribution in [0.15, 0.2) is 71.3 Å². The fourth-order valence-electron chi connectivity index (χ4n) is 2.72. The number of nitrogens with zero attached hydrogens (tertiary/aromatic N) is 1. The average Bonchev–Trinajstić information content (AvgIpc) is 3.10. The zero-order valence-electron chi connectivity index (χ0n) is 14.3. The van der Waals surface area contributed by atoms with Crippen molar-refractivity contribution in [2.24, 2.45) is 0 Å². The average molecular weight is 334 g/mol. The maximum Gasteiger partial charge on any atom is 0.226 e. The largest absolute Gasteiger partial charge is 0.356 e. The van der Waals surface area contributed by atoms with Crippen LogP contribution in [0, 0.1) is 0 Å². The molecule has 0 aliphatic carbocycles. The van der Waals surface area contributed by atoms with Crippen LogP contribution < -0.4 is 5.32 Å². The molecule has 25 heavy (non-hydrogen) atoms. The van der Waals surface area contributed by atoms with E-state index in [0.717, 1.165) is 18.4 Å². The number of carbonyl (C=O) groups excluding carboxylic acids is 1. The molecule has 1 atom stereocenters. The SMILES string of the molecule is CC(CCc1ccccc1)NC(=O)Cc1cc(-c2ccccc2)on1. The van der Waals surface area contributed by atoms with E-state index in [-0.39, 0.29) is 18.4 Å². The summed E-state index contributed by atoms with van der Waals surface area (Å²) in [5.74, 6) is 0.647. The van der Waals surface area contributed by atoms with Crippen molar-refractivity contribution in [1.29, 1.82) is 0 Å². The summed E-state index contributed by atoms with van der Waals surface area (Å²) < 4.78 is 5.33. The fourth-order valence-corrected chi connectivity index (χ4v) is 2.72. The third kappa shape index (κ3) is 5.05. The van der Waals surface area contributed by atoms with Crippen molar-refractivity contribution < 1.29 is 9.32 Å². The van der Waals surface area contributed by atoms with E-state index in [0.29, 0.717) is 11.5 Å². The minimum absolute atomic E-state index is 0.0338. The number of carbonyl (C=O) groups is 1. The predicted molar refractivity (Wildman–Crippen MR) is 98.0 cm³/mol. The molecule has 1 unspecified atom stereocenters. The predicted octanol–water partition coefficient (Wildman–Crippen LogP) is 4.02. The molecule has 4 nitrogen and oxygen atoms in total. The molecule has 3 aromatic rings. The van der Waals surface area contributed by atoms with Gasteiger partial charge in [0.2, 0.25) is 5.91 Å². The van der Waals surface area contributed by atoms with E-state index >= 15 is 0 Å². The molecule has 0 radical (unpaired) electrons. The third-order valence-electron chi connectivity index (χ3n) is 4.08. The first-order valence-electron chi connectivity index (χ1n) is 8.55. The number of rotatable bonds is 7. The number of nitrogens with one attached hydrogen (secondary N) is 1. The summed E-state index contributed by atoms with van der Waals surface area (Å²) >= 11 is 0. The summed E-state index contributed by atoms with van der Waals surface area (Å²) in [6.07, 6.45) is 2.08. The Labute approximate surface area is 147 Å². The molecule has 2 aromatic carbocycles. The zero-order chi connectivity index (χ0) is 17.5. The molecule has 0 saturated heterocycles. The van der Waals surface area contributed by atoms with Gasteiger partial charge in [-0.3, -0.25) is 4.79 Å². The highest BCUT2D eigenvalue weighted by atomic mass is 16.5. The van der Waals surface area contributed by atoms with Gasteiger partial charge < -0.3 is 9.84 Å². The monoisotopic (exact) mass is 334 g/mol. The van der Waals surface area contributed by atoms with Gasteiger partial charge >= 0.3 is 0 Å². The van der Waals surface area contributed by atoms with Gasteiger partial charge in [-0.2, -0.15) is 0 Å². The van der Waals surface area contributed by atoms with Crippen LogP contribution in [0.3, 0.4) is 0 Å². The van der Waals surface area contributed by atoms with E-state index in [2.05, 4.69) is 22.6 Å². The third-order valence-corrected chi connectivity index (χ3v) is 4.08. The molecule has 0 bridgehead atoms. The number of aryl methyl sites for hydroxylation is 1. The second-order valence-corrected chi connectivity index (χ2v) is 6.22. The van der Waals surface area contributed by atoms with Gasteiger partial charge in [0.25, 0.3) is 0 Å². The molecule has 1 amide bonds. The normalized spacial score (nSPS) is 11.9. The molecule has 0 saturated carbocycles. The quantitative estimate of drug-likeness (QED) is 0.710. The first-order valence-corrected chi connectivity index (χ1v) is 8.55. The molecule has 1 heterocycles. The first kappa shape index (κ1) is 17.0. The van der Waals surface area contributed by atoms with Crippen LogP contribution in [0.5, 0.6) is 0 Å². The van der Waals surface area contributed by atoms with E-state index in [1.807, 2.05) is 61.5 Å². The number of aromatic nitrogens is 1. The van der Waals surface area contributed by atoms with Gasteiger partial charge in [0.1, 0.15) is 0 Å². The standard InChI is InChI=1S/C21H22N2O2/c1-16(12-13-17-8-4-2-5-9-17)22-21(24)15-19-14-20(25-23-19)18-10-6-3-7-11-18/h2-11,14,16H,12-13,15H2,1H3,(H,22,24). The number of hydrogen-bond donors (Lipinski definition) is 1. The Hall–Kier alpha value is -2.88. The molecule has 0 aliphatic rings. The van der Waals surface area contributed by atoms with Gasteiger partial charge in [-0.15, -0.1) is 0 Å². The minimum atomic E-state index is -0.0338. The molecule has 0 fully saturated rings. The van der Waals surface area contributed by atoms with Crippen LogP contribution in [-0.4, -0.2) is 17.1 Å². The summed E-state index contributed by atoms with van der Waals surface area (Å²) in [6, 6.07) is 22.0. The molecule has 4 heteroatoms. The lowest BCUT2D eigenvalue weighted by Crippen LogP contribution is -2.34. The molecule has 0 aliphatic heterocycles. The van der Waals surface area contributed by atoms with Crippen molar-refractivity contribution in [3.05, 3.63) is 78.0 Å². The zero-order valence-corrected chi connectivity index (χ0v) is 14.3. The minimum Gasteiger partial charge on any atom is -0.356 e. The summed E-state index contributed by atoms with van der Waals surface area (Å²) in [7, 11) is 0. The van der Waals surface area contributed by atoms with Crippen molar-refractivity contribution in [3.8, 4) is 11.3 Å². The van der Waals surface area contributed by atoms with E-state index < -0.39 is 0 Å². The van der Waals surface area contributed by atoms with Crippen LogP contribution in [0.4, 0.5) is 0 Å². The van der Waals surface area contributed by atoms with Crippen molar-refractivity contribution in [2.45, 2.75) is 32.2 Å². The number of benzene rings is 2. The van der Waals surface area contributed by atoms with Gasteiger partial charge in [0.15, 0.2) is 5.76 Å². The van der Waals surface area contributed by atoms with E-state index in [9.17, 15) is 4.79 Å². The highest BCUT2D eigenvalue weighted by molar-refractivity contribution is 5.78. The second-order valence-electron chi connectivity index (χ2n) is 6.22. The van der Waals surface area contributed by atoms with Crippen molar-refractivity contribution in [1.82, 2.24) is 10.5 Å². The van der Waals surface area contributed by atoms with Gasteiger partial charge in [0, 0.05) is 17.7 Å². The smallest absolute Gasteiger partial charge is 0.226 e. The van der Waals surface area contributed by atoms with Crippen LogP contribution in [0.25, 0.3) is 11.3 Å². The Balaban J connectivity index is 1.48. The topological polar surface area (TPSA) is 55.1 Å². The highest BCUT2D eigenvalue weighted by Gasteiger charge is 2.12. The van der Waals surface area contributed by atoms with Crippen molar-refractivity contribution in [3.63, 3.8) is 0 Å². The summed E-state index contributed by atoms with van der Waals surface area (Å²) in [5.41, 5.74) is 2.89. The van der Waals surface area contributed by atoms with Crippen molar-refractivity contribution >= 4 is 5.91 Å². The Morgan fingerprint density at radius 1 is 1.08 bits per heavy atom. The lowest BCUT2D eigenvalue weighted by atomic mass is 10.1. The van der Waals surface area contributed by atoms with Gasteiger partial charge in [0.05, 0.1) is 12.1 Å². The molecular weight excluding hydrogens is 312 g/mol. The second kappa shape index (κ2) is 8.29. The molecule has 1 aromatic heterocycles. The van der Waals surface area contributed by atoms with E-state index in [4.69, 9.17) is 4.52 Å². The Kier molecular flexibility index (Phi) is 5.62. The Morgan fingerprint density at radius 2 is 1.76 bits per heavy atom. The van der Waals surface area contributed by atoms with Gasteiger partial charge in [-0.05, 0) is 25.3 Å². The maximum absolute atomic E-state index is 12.2. The van der Waals surface area contributed by atoms with Gasteiger partial charge in [-0.25, -0.2) is 0 Å².